The van der Waals surface area contributed by atoms with Crippen LogP contribution in [0.25, 0.3) is 5.57 Å². The van der Waals surface area contributed by atoms with Gasteiger partial charge >= 0.3 is 12.1 Å². The fourth-order valence-electron chi connectivity index (χ4n) is 3.47. The highest BCUT2D eigenvalue weighted by Crippen LogP contribution is 2.41. The first kappa shape index (κ1) is 21.2. The van der Waals surface area contributed by atoms with E-state index in [2.05, 4.69) is 10.3 Å². The van der Waals surface area contributed by atoms with Crippen molar-refractivity contribution >= 4 is 22.9 Å². The van der Waals surface area contributed by atoms with Crippen LogP contribution in [0.2, 0.25) is 0 Å². The van der Waals surface area contributed by atoms with E-state index in [0.717, 1.165) is 18.4 Å². The number of pyridine rings is 1. The minimum absolute atomic E-state index is 0.00866. The maximum absolute atomic E-state index is 12.9. The zero-order valence-electron chi connectivity index (χ0n) is 16.5. The Morgan fingerprint density at radius 3 is 2.74 bits per heavy atom. The first-order chi connectivity index (χ1) is 14.8. The summed E-state index contributed by atoms with van der Waals surface area (Å²) in [6.45, 7) is -0.646. The van der Waals surface area contributed by atoms with Crippen molar-refractivity contribution in [3.63, 3.8) is 0 Å². The zero-order chi connectivity index (χ0) is 22.0. The number of para-hydroxylation sites is 1. The first-order valence-electron chi connectivity index (χ1n) is 9.92. The Kier molecular flexibility index (Phi) is 5.86. The molecule has 0 atom stereocenters. The maximum atomic E-state index is 12.9. The molecular weight excluding hydrogens is 413 g/mol. The van der Waals surface area contributed by atoms with E-state index in [1.54, 1.807) is 24.3 Å². The van der Waals surface area contributed by atoms with Gasteiger partial charge in [-0.05, 0) is 37.0 Å². The van der Waals surface area contributed by atoms with Crippen LogP contribution in [0.4, 0.5) is 24.5 Å². The van der Waals surface area contributed by atoms with Crippen LogP contribution >= 0.6 is 0 Å². The molecule has 2 heterocycles. The van der Waals surface area contributed by atoms with Crippen LogP contribution in [-0.2, 0) is 4.74 Å². The third kappa shape index (κ3) is 5.16. The molecule has 31 heavy (non-hydrogen) atoms. The number of halogens is 3. The number of carbonyl (C=O) groups is 1. The second-order valence-corrected chi connectivity index (χ2v) is 7.50. The van der Waals surface area contributed by atoms with Crippen LogP contribution in [0.5, 0.6) is 5.75 Å². The molecule has 1 aliphatic carbocycles. The van der Waals surface area contributed by atoms with Crippen molar-refractivity contribution in [3.8, 4) is 5.75 Å². The summed E-state index contributed by atoms with van der Waals surface area (Å²) in [5.41, 5.74) is 2.46. The van der Waals surface area contributed by atoms with Crippen molar-refractivity contribution in [1.82, 2.24) is 4.98 Å². The lowest BCUT2D eigenvalue weighted by atomic mass is 9.99. The Balaban J connectivity index is 1.72. The summed E-state index contributed by atoms with van der Waals surface area (Å²) in [5, 5.41) is 12.6. The number of anilines is 2. The number of aromatic carboxylic acids is 1. The minimum Gasteiger partial charge on any atom is -0.481 e. The fourth-order valence-corrected chi connectivity index (χ4v) is 3.47. The van der Waals surface area contributed by atoms with Crippen LogP contribution in [0.15, 0.2) is 36.5 Å². The highest BCUT2D eigenvalue weighted by atomic mass is 19.4. The van der Waals surface area contributed by atoms with E-state index in [1.165, 1.54) is 12.3 Å². The van der Waals surface area contributed by atoms with Gasteiger partial charge in [-0.3, -0.25) is 4.98 Å². The van der Waals surface area contributed by atoms with E-state index in [4.69, 9.17) is 9.47 Å². The second kappa shape index (κ2) is 8.58. The fraction of sp³-hybridized carbons (Fsp3) is 0.364. The predicted octanol–water partition coefficient (Wildman–Crippen LogP) is 5.15. The van der Waals surface area contributed by atoms with Crippen LogP contribution in [0, 0.1) is 0 Å². The molecule has 2 aromatic rings. The molecule has 1 aromatic heterocycles. The van der Waals surface area contributed by atoms with Crippen molar-refractivity contribution in [3.05, 3.63) is 53.4 Å². The quantitative estimate of drug-likeness (QED) is 0.628. The van der Waals surface area contributed by atoms with Crippen LogP contribution in [0.3, 0.4) is 0 Å². The monoisotopic (exact) mass is 434 g/mol. The number of ether oxygens (including phenoxy) is 2. The number of alkyl halides is 3. The van der Waals surface area contributed by atoms with E-state index in [1.807, 2.05) is 0 Å². The summed E-state index contributed by atoms with van der Waals surface area (Å²) in [7, 11) is 0. The molecule has 0 radical (unpaired) electrons. The molecule has 164 valence electrons. The number of aromatic nitrogens is 1. The molecule has 1 saturated carbocycles. The van der Waals surface area contributed by atoms with Crippen molar-refractivity contribution in [2.45, 2.75) is 31.4 Å². The van der Waals surface area contributed by atoms with Gasteiger partial charge in [0.25, 0.3) is 0 Å². The molecule has 4 rings (SSSR count). The molecular formula is C22H21F3N2O4. The summed E-state index contributed by atoms with van der Waals surface area (Å²) < 4.78 is 49.2. The van der Waals surface area contributed by atoms with E-state index in [9.17, 15) is 23.1 Å². The standard InChI is InChI=1S/C22H21F3N2O4/c23-22(24,25)12-31-20-15(13-6-8-30-9-7-13)2-1-3-17(20)27-19-11-26-18(14-4-5-14)10-16(19)21(28)29/h1-3,6,10-11,14,27H,4-5,7-9,12H2,(H,28,29). The average Bonchev–Trinajstić information content (AvgIpc) is 3.58. The lowest BCUT2D eigenvalue weighted by Gasteiger charge is -2.21. The molecule has 6 nitrogen and oxygen atoms in total. The predicted molar refractivity (Wildman–Crippen MR) is 108 cm³/mol. The van der Waals surface area contributed by atoms with E-state index >= 15 is 0 Å². The molecule has 2 aliphatic rings. The van der Waals surface area contributed by atoms with Gasteiger partial charge in [0.15, 0.2) is 12.4 Å². The summed E-state index contributed by atoms with van der Waals surface area (Å²) in [6.07, 6.45) is 1.16. The van der Waals surface area contributed by atoms with Crippen molar-refractivity contribution < 1.29 is 32.5 Å². The third-order valence-electron chi connectivity index (χ3n) is 5.12. The Hall–Kier alpha value is -3.07. The van der Waals surface area contributed by atoms with Crippen LogP contribution in [0.1, 0.15) is 46.8 Å². The average molecular weight is 434 g/mol. The lowest BCUT2D eigenvalue weighted by Crippen LogP contribution is -2.20. The molecule has 1 aromatic carbocycles. The number of nitrogens with zero attached hydrogens (tertiary/aromatic N) is 1. The number of carboxylic acids is 1. The lowest BCUT2D eigenvalue weighted by molar-refractivity contribution is -0.153. The normalized spacial score (nSPS) is 16.5. The minimum atomic E-state index is -4.52. The van der Waals surface area contributed by atoms with Crippen LogP contribution < -0.4 is 10.1 Å². The Morgan fingerprint density at radius 1 is 1.29 bits per heavy atom. The van der Waals surface area contributed by atoms with Crippen molar-refractivity contribution in [1.29, 1.82) is 0 Å². The smallest absolute Gasteiger partial charge is 0.422 e. The summed E-state index contributed by atoms with van der Waals surface area (Å²) in [5.74, 6) is -0.870. The summed E-state index contributed by atoms with van der Waals surface area (Å²) >= 11 is 0. The highest BCUT2D eigenvalue weighted by Gasteiger charge is 2.30. The van der Waals surface area contributed by atoms with Crippen LogP contribution in [-0.4, -0.2) is 42.1 Å². The Labute approximate surface area is 176 Å². The topological polar surface area (TPSA) is 80.7 Å². The third-order valence-corrected chi connectivity index (χ3v) is 5.12. The van der Waals surface area contributed by atoms with Crippen molar-refractivity contribution in [2.75, 3.05) is 25.1 Å². The van der Waals surface area contributed by atoms with Gasteiger partial charge in [0, 0.05) is 17.2 Å². The van der Waals surface area contributed by atoms with E-state index in [-0.39, 0.29) is 28.6 Å². The number of nitrogens with one attached hydrogen (secondary N) is 1. The second-order valence-electron chi connectivity index (χ2n) is 7.50. The van der Waals surface area contributed by atoms with Gasteiger partial charge in [-0.15, -0.1) is 0 Å². The Bertz CT molecular complexity index is 1020. The molecule has 2 N–H and O–H groups in total. The summed E-state index contributed by atoms with van der Waals surface area (Å²) in [6, 6.07) is 6.43. The van der Waals surface area contributed by atoms with Gasteiger partial charge in [-0.2, -0.15) is 13.2 Å². The van der Waals surface area contributed by atoms with Gasteiger partial charge in [0.2, 0.25) is 0 Å². The SMILES string of the molecule is O=C(O)c1cc(C2CC2)ncc1Nc1cccc(C2=CCOCC2)c1OCC(F)(F)F. The zero-order valence-corrected chi connectivity index (χ0v) is 16.5. The molecule has 9 heteroatoms. The first-order valence-corrected chi connectivity index (χ1v) is 9.92. The summed E-state index contributed by atoms with van der Waals surface area (Å²) in [4.78, 5) is 16.1. The molecule has 1 aliphatic heterocycles. The van der Waals surface area contributed by atoms with Crippen molar-refractivity contribution in [2.24, 2.45) is 0 Å². The number of hydrogen-bond donors (Lipinski definition) is 2. The molecule has 0 bridgehead atoms. The number of hydrogen-bond acceptors (Lipinski definition) is 5. The number of rotatable bonds is 7. The molecule has 1 fully saturated rings. The molecule has 0 spiro atoms. The van der Waals surface area contributed by atoms with Gasteiger partial charge in [-0.25, -0.2) is 4.79 Å². The molecule has 0 amide bonds. The van der Waals surface area contributed by atoms with Gasteiger partial charge in [-0.1, -0.05) is 18.2 Å². The van der Waals surface area contributed by atoms with E-state index < -0.39 is 18.8 Å². The molecule has 0 saturated heterocycles. The maximum Gasteiger partial charge on any atom is 0.422 e. The number of benzene rings is 1. The highest BCUT2D eigenvalue weighted by molar-refractivity contribution is 5.95. The van der Waals surface area contributed by atoms with Gasteiger partial charge in [0.05, 0.1) is 36.3 Å². The van der Waals surface area contributed by atoms with Gasteiger partial charge in [0.1, 0.15) is 0 Å². The largest absolute Gasteiger partial charge is 0.481 e. The van der Waals surface area contributed by atoms with E-state index in [0.29, 0.717) is 30.9 Å². The Morgan fingerprint density at radius 2 is 2.10 bits per heavy atom. The number of carboxylic acid groups (broad SMARTS) is 1. The van der Waals surface area contributed by atoms with Gasteiger partial charge < -0.3 is 19.9 Å². The molecule has 0 unspecified atom stereocenters.